The van der Waals surface area contributed by atoms with Crippen LogP contribution >= 0.6 is 24.0 Å². The lowest BCUT2D eigenvalue weighted by atomic mass is 10.0. The Kier molecular flexibility index (Phi) is 5.24. The molecule has 0 spiro atoms. The molecule has 3 rings (SSSR count). The van der Waals surface area contributed by atoms with Crippen LogP contribution in [0.25, 0.3) is 6.08 Å². The first-order valence-electron chi connectivity index (χ1n) is 7.90. The average molecular weight is 375 g/mol. The quantitative estimate of drug-likeness (QED) is 0.628. The number of carboxylic acids is 1. The van der Waals surface area contributed by atoms with Gasteiger partial charge >= 0.3 is 5.97 Å². The Balaban J connectivity index is 1.78. The van der Waals surface area contributed by atoms with Gasteiger partial charge in [0.25, 0.3) is 5.91 Å². The highest BCUT2D eigenvalue weighted by molar-refractivity contribution is 8.26. The SMILES string of the molecule is CC1Oc2ccccc2C=C1C=C1SC(=S)N(CCCC(=O)O)C1=O. The van der Waals surface area contributed by atoms with Crippen molar-refractivity contribution in [2.75, 3.05) is 6.54 Å². The van der Waals surface area contributed by atoms with E-state index in [1.54, 1.807) is 0 Å². The minimum Gasteiger partial charge on any atom is -0.485 e. The van der Waals surface area contributed by atoms with E-state index < -0.39 is 5.97 Å². The maximum Gasteiger partial charge on any atom is 0.303 e. The van der Waals surface area contributed by atoms with Gasteiger partial charge in [-0.3, -0.25) is 14.5 Å². The van der Waals surface area contributed by atoms with Crippen molar-refractivity contribution in [2.45, 2.75) is 25.9 Å². The molecule has 2 aliphatic heterocycles. The molecule has 1 atom stereocenters. The second-order valence-electron chi connectivity index (χ2n) is 5.77. The highest BCUT2D eigenvalue weighted by atomic mass is 32.2. The number of thiocarbonyl (C=S) groups is 1. The fourth-order valence-electron chi connectivity index (χ4n) is 2.65. The molecule has 1 unspecified atom stereocenters. The van der Waals surface area contributed by atoms with E-state index in [0.29, 0.717) is 22.2 Å². The molecule has 2 heterocycles. The highest BCUT2D eigenvalue weighted by Gasteiger charge is 2.32. The van der Waals surface area contributed by atoms with E-state index in [1.807, 2.05) is 43.3 Å². The molecule has 5 nitrogen and oxygen atoms in total. The number of carbonyl (C=O) groups is 2. The number of para-hydroxylation sites is 1. The van der Waals surface area contributed by atoms with Crippen LogP contribution in [0.2, 0.25) is 0 Å². The topological polar surface area (TPSA) is 66.8 Å². The molecule has 1 amide bonds. The van der Waals surface area contributed by atoms with Crippen molar-refractivity contribution in [1.29, 1.82) is 0 Å². The van der Waals surface area contributed by atoms with Gasteiger partial charge in [0.1, 0.15) is 16.2 Å². The van der Waals surface area contributed by atoms with Crippen molar-refractivity contribution in [1.82, 2.24) is 4.90 Å². The molecule has 130 valence electrons. The van der Waals surface area contributed by atoms with Gasteiger partial charge < -0.3 is 9.84 Å². The van der Waals surface area contributed by atoms with E-state index in [-0.39, 0.29) is 18.4 Å². The monoisotopic (exact) mass is 375 g/mol. The first-order valence-corrected chi connectivity index (χ1v) is 9.12. The van der Waals surface area contributed by atoms with Crippen molar-refractivity contribution in [2.24, 2.45) is 0 Å². The molecule has 0 saturated carbocycles. The summed E-state index contributed by atoms with van der Waals surface area (Å²) in [5.41, 5.74) is 1.88. The van der Waals surface area contributed by atoms with Crippen molar-refractivity contribution in [3.05, 3.63) is 46.4 Å². The number of carbonyl (C=O) groups excluding carboxylic acids is 1. The van der Waals surface area contributed by atoms with E-state index in [9.17, 15) is 9.59 Å². The summed E-state index contributed by atoms with van der Waals surface area (Å²) >= 11 is 6.51. The summed E-state index contributed by atoms with van der Waals surface area (Å²) in [7, 11) is 0. The third kappa shape index (κ3) is 3.93. The molecule has 2 aliphatic rings. The van der Waals surface area contributed by atoms with E-state index in [2.05, 4.69) is 0 Å². The molecule has 1 fully saturated rings. The molecule has 0 radical (unpaired) electrons. The number of nitrogens with zero attached hydrogens (tertiary/aromatic N) is 1. The summed E-state index contributed by atoms with van der Waals surface area (Å²) in [5.74, 6) is -0.223. The lowest BCUT2D eigenvalue weighted by Crippen LogP contribution is -2.29. The first-order chi connectivity index (χ1) is 12.0. The van der Waals surface area contributed by atoms with Gasteiger partial charge in [-0.05, 0) is 37.1 Å². The molecule has 1 saturated heterocycles. The van der Waals surface area contributed by atoms with Gasteiger partial charge in [-0.25, -0.2) is 0 Å². The smallest absolute Gasteiger partial charge is 0.303 e. The fraction of sp³-hybridized carbons (Fsp3) is 0.278. The second kappa shape index (κ2) is 7.41. The Morgan fingerprint density at radius 2 is 2.20 bits per heavy atom. The number of benzene rings is 1. The fourth-order valence-corrected chi connectivity index (χ4v) is 3.96. The number of carboxylic acid groups (broad SMARTS) is 1. The Hall–Kier alpha value is -2.12. The maximum atomic E-state index is 12.6. The Morgan fingerprint density at radius 3 is 2.96 bits per heavy atom. The number of ether oxygens (including phenoxy) is 1. The van der Waals surface area contributed by atoms with Gasteiger partial charge in [0.2, 0.25) is 0 Å². The van der Waals surface area contributed by atoms with E-state index in [0.717, 1.165) is 16.9 Å². The van der Waals surface area contributed by atoms with Crippen molar-refractivity contribution in [3.8, 4) is 5.75 Å². The van der Waals surface area contributed by atoms with E-state index in [1.165, 1.54) is 16.7 Å². The highest BCUT2D eigenvalue weighted by Crippen LogP contribution is 2.35. The summed E-state index contributed by atoms with van der Waals surface area (Å²) in [6.45, 7) is 2.26. The van der Waals surface area contributed by atoms with Gasteiger partial charge in [0.05, 0.1) is 4.91 Å². The molecule has 0 aromatic heterocycles. The summed E-state index contributed by atoms with van der Waals surface area (Å²) < 4.78 is 6.35. The summed E-state index contributed by atoms with van der Waals surface area (Å²) in [6.07, 6.45) is 4.07. The average Bonchev–Trinajstić information content (AvgIpc) is 2.82. The third-order valence-corrected chi connectivity index (χ3v) is 5.34. The first kappa shape index (κ1) is 17.7. The van der Waals surface area contributed by atoms with Crippen molar-refractivity contribution in [3.63, 3.8) is 0 Å². The van der Waals surface area contributed by atoms with Crippen LogP contribution in [0.1, 0.15) is 25.3 Å². The minimum absolute atomic E-state index is 0.0168. The summed E-state index contributed by atoms with van der Waals surface area (Å²) in [4.78, 5) is 25.2. The van der Waals surface area contributed by atoms with Gasteiger partial charge in [-0.15, -0.1) is 0 Å². The second-order valence-corrected chi connectivity index (χ2v) is 7.45. The number of aliphatic carboxylic acids is 1. The maximum absolute atomic E-state index is 12.6. The van der Waals surface area contributed by atoms with Crippen LogP contribution in [0.15, 0.2) is 40.8 Å². The van der Waals surface area contributed by atoms with Crippen LogP contribution in [-0.4, -0.2) is 38.9 Å². The zero-order valence-corrected chi connectivity index (χ0v) is 15.2. The van der Waals surface area contributed by atoms with Crippen LogP contribution in [0.3, 0.4) is 0 Å². The van der Waals surface area contributed by atoms with Gasteiger partial charge in [0, 0.05) is 18.5 Å². The van der Waals surface area contributed by atoms with Crippen LogP contribution in [0.5, 0.6) is 5.75 Å². The zero-order chi connectivity index (χ0) is 18.0. The van der Waals surface area contributed by atoms with E-state index in [4.69, 9.17) is 22.1 Å². The molecular weight excluding hydrogens is 358 g/mol. The van der Waals surface area contributed by atoms with Crippen LogP contribution in [0.4, 0.5) is 0 Å². The third-order valence-electron chi connectivity index (χ3n) is 3.96. The normalized spacial score (nSPS) is 21.2. The van der Waals surface area contributed by atoms with Gasteiger partial charge in [-0.1, -0.05) is 42.2 Å². The molecule has 0 aliphatic carbocycles. The molecule has 25 heavy (non-hydrogen) atoms. The molecule has 1 aromatic rings. The van der Waals surface area contributed by atoms with E-state index >= 15 is 0 Å². The number of thioether (sulfide) groups is 1. The Labute approximate surface area is 155 Å². The molecule has 0 bridgehead atoms. The number of hydrogen-bond acceptors (Lipinski definition) is 5. The number of fused-ring (bicyclic) bond motifs is 1. The van der Waals surface area contributed by atoms with Crippen molar-refractivity contribution >= 4 is 46.3 Å². The predicted molar refractivity (Wildman–Crippen MR) is 101 cm³/mol. The Bertz CT molecular complexity index is 800. The zero-order valence-electron chi connectivity index (χ0n) is 13.6. The summed E-state index contributed by atoms with van der Waals surface area (Å²) in [6, 6.07) is 7.74. The standard InChI is InChI=1S/C18H17NO4S2/c1-11-13(9-12-5-2-3-6-14(12)23-11)10-15-17(22)19(18(24)25-15)8-4-7-16(20)21/h2-3,5-6,9-11H,4,7-8H2,1H3,(H,20,21). The van der Waals surface area contributed by atoms with Crippen LogP contribution in [0, 0.1) is 0 Å². The number of rotatable bonds is 5. The molecule has 7 heteroatoms. The van der Waals surface area contributed by atoms with Gasteiger partial charge in [0.15, 0.2) is 0 Å². The Morgan fingerprint density at radius 1 is 1.44 bits per heavy atom. The number of hydrogen-bond donors (Lipinski definition) is 1. The number of amides is 1. The predicted octanol–water partition coefficient (Wildman–Crippen LogP) is 3.46. The lowest BCUT2D eigenvalue weighted by Gasteiger charge is -2.23. The van der Waals surface area contributed by atoms with Crippen LogP contribution < -0.4 is 4.74 Å². The molecular formula is C18H17NO4S2. The van der Waals surface area contributed by atoms with Crippen molar-refractivity contribution < 1.29 is 19.4 Å². The lowest BCUT2D eigenvalue weighted by molar-refractivity contribution is -0.137. The molecule has 1 aromatic carbocycles. The minimum atomic E-state index is -0.877. The molecule has 1 N–H and O–H groups in total. The summed E-state index contributed by atoms with van der Waals surface area (Å²) in [5, 5.41) is 8.72. The van der Waals surface area contributed by atoms with Gasteiger partial charge in [-0.2, -0.15) is 0 Å². The van der Waals surface area contributed by atoms with Crippen LogP contribution in [-0.2, 0) is 9.59 Å². The largest absolute Gasteiger partial charge is 0.485 e.